The Balaban J connectivity index is 2.03. The Labute approximate surface area is 112 Å². The summed E-state index contributed by atoms with van der Waals surface area (Å²) in [6.45, 7) is 2.92. The second-order valence-corrected chi connectivity index (χ2v) is 6.16. The summed E-state index contributed by atoms with van der Waals surface area (Å²) < 4.78 is 6.23. The van der Waals surface area contributed by atoms with Crippen LogP contribution in [-0.4, -0.2) is 18.2 Å². The van der Waals surface area contributed by atoms with Crippen molar-refractivity contribution < 1.29 is 4.74 Å². The van der Waals surface area contributed by atoms with Gasteiger partial charge >= 0.3 is 0 Å². The fourth-order valence-corrected chi connectivity index (χ4v) is 3.70. The van der Waals surface area contributed by atoms with Crippen LogP contribution in [0.3, 0.4) is 0 Å². The Hall–Kier alpha value is -0.120. The van der Waals surface area contributed by atoms with Crippen molar-refractivity contribution in [3.63, 3.8) is 0 Å². The molecule has 2 saturated carbocycles. The second kappa shape index (κ2) is 6.88. The zero-order chi connectivity index (χ0) is 12.8. The Kier molecular flexibility index (Phi) is 5.46. The van der Waals surface area contributed by atoms with Crippen molar-refractivity contribution in [2.75, 3.05) is 6.61 Å². The van der Waals surface area contributed by atoms with Gasteiger partial charge in [0.2, 0.25) is 0 Å². The van der Waals surface area contributed by atoms with Gasteiger partial charge in [-0.15, -0.1) is 0 Å². The highest BCUT2D eigenvalue weighted by atomic mass is 16.5. The average molecular weight is 254 g/mol. The van der Waals surface area contributed by atoms with Gasteiger partial charge in [-0.05, 0) is 32.1 Å². The van der Waals surface area contributed by atoms with E-state index in [1.807, 2.05) is 0 Å². The monoisotopic (exact) mass is 254 g/mol. The zero-order valence-electron chi connectivity index (χ0n) is 11.9. The number of hydrogen-bond acceptors (Lipinski definition) is 3. The summed E-state index contributed by atoms with van der Waals surface area (Å²) in [6, 6.07) is 0.348. The van der Waals surface area contributed by atoms with Gasteiger partial charge in [0.1, 0.15) is 0 Å². The fraction of sp³-hybridized carbons (Fsp3) is 1.00. The third-order valence-electron chi connectivity index (χ3n) is 5.01. The third-order valence-corrected chi connectivity index (χ3v) is 5.01. The molecule has 106 valence electrons. The van der Waals surface area contributed by atoms with Crippen molar-refractivity contribution in [2.45, 2.75) is 82.8 Å². The SMILES string of the molecule is CCOC1(C(CC2CCC2)NN)CCCCCC1. The number of ether oxygens (including phenoxy) is 1. The Morgan fingerprint density at radius 1 is 1.17 bits per heavy atom. The zero-order valence-corrected chi connectivity index (χ0v) is 11.9. The number of nitrogens with two attached hydrogens (primary N) is 1. The van der Waals surface area contributed by atoms with Crippen molar-refractivity contribution >= 4 is 0 Å². The van der Waals surface area contributed by atoms with E-state index in [2.05, 4.69) is 12.3 Å². The van der Waals surface area contributed by atoms with Crippen molar-refractivity contribution in [1.82, 2.24) is 5.43 Å². The van der Waals surface area contributed by atoms with Crippen molar-refractivity contribution in [3.05, 3.63) is 0 Å². The summed E-state index contributed by atoms with van der Waals surface area (Å²) in [4.78, 5) is 0. The predicted octanol–water partition coefficient (Wildman–Crippen LogP) is 3.14. The molecule has 0 aromatic carbocycles. The van der Waals surface area contributed by atoms with Crippen LogP contribution in [0.15, 0.2) is 0 Å². The molecule has 0 aromatic heterocycles. The summed E-state index contributed by atoms with van der Waals surface area (Å²) in [6.07, 6.45) is 13.1. The lowest BCUT2D eigenvalue weighted by Gasteiger charge is -2.42. The van der Waals surface area contributed by atoms with Gasteiger partial charge in [0.25, 0.3) is 0 Å². The van der Waals surface area contributed by atoms with Crippen LogP contribution in [0.5, 0.6) is 0 Å². The maximum absolute atomic E-state index is 6.23. The number of hydrazine groups is 1. The van der Waals surface area contributed by atoms with E-state index in [9.17, 15) is 0 Å². The van der Waals surface area contributed by atoms with Gasteiger partial charge in [-0.25, -0.2) is 0 Å². The van der Waals surface area contributed by atoms with Crippen LogP contribution in [0, 0.1) is 5.92 Å². The summed E-state index contributed by atoms with van der Waals surface area (Å²) in [7, 11) is 0. The molecule has 18 heavy (non-hydrogen) atoms. The van der Waals surface area contributed by atoms with Crippen molar-refractivity contribution in [1.29, 1.82) is 0 Å². The molecule has 0 heterocycles. The van der Waals surface area contributed by atoms with Gasteiger partial charge in [-0.3, -0.25) is 11.3 Å². The molecule has 3 heteroatoms. The van der Waals surface area contributed by atoms with Crippen LogP contribution in [0.25, 0.3) is 0 Å². The molecule has 0 bridgehead atoms. The van der Waals surface area contributed by atoms with E-state index >= 15 is 0 Å². The van der Waals surface area contributed by atoms with E-state index in [0.29, 0.717) is 6.04 Å². The van der Waals surface area contributed by atoms with Crippen LogP contribution >= 0.6 is 0 Å². The first kappa shape index (κ1) is 14.3. The normalized spacial score (nSPS) is 26.3. The molecule has 2 rings (SSSR count). The summed E-state index contributed by atoms with van der Waals surface area (Å²) in [5, 5.41) is 0. The summed E-state index contributed by atoms with van der Waals surface area (Å²) >= 11 is 0. The van der Waals surface area contributed by atoms with Crippen LogP contribution in [0.4, 0.5) is 0 Å². The van der Waals surface area contributed by atoms with E-state index in [4.69, 9.17) is 10.6 Å². The lowest BCUT2D eigenvalue weighted by atomic mass is 9.75. The average Bonchev–Trinajstić information content (AvgIpc) is 2.55. The Bertz CT molecular complexity index is 233. The van der Waals surface area contributed by atoms with Gasteiger partial charge in [0.15, 0.2) is 0 Å². The van der Waals surface area contributed by atoms with E-state index < -0.39 is 0 Å². The minimum Gasteiger partial charge on any atom is -0.374 e. The first-order valence-electron chi connectivity index (χ1n) is 7.91. The van der Waals surface area contributed by atoms with Gasteiger partial charge in [0, 0.05) is 6.61 Å². The quantitative estimate of drug-likeness (QED) is 0.435. The minimum atomic E-state index is 0.00951. The van der Waals surface area contributed by atoms with Gasteiger partial charge in [-0.2, -0.15) is 0 Å². The molecular weight excluding hydrogens is 224 g/mol. The number of rotatable bonds is 6. The lowest BCUT2D eigenvalue weighted by molar-refractivity contribution is -0.0836. The predicted molar refractivity (Wildman–Crippen MR) is 75.1 cm³/mol. The number of nitrogens with one attached hydrogen (secondary N) is 1. The second-order valence-electron chi connectivity index (χ2n) is 6.16. The van der Waals surface area contributed by atoms with E-state index in [0.717, 1.165) is 12.5 Å². The van der Waals surface area contributed by atoms with E-state index in [1.165, 1.54) is 64.2 Å². The molecular formula is C15H30N2O. The number of hydrogen-bond donors (Lipinski definition) is 2. The molecule has 0 aliphatic heterocycles. The summed E-state index contributed by atoms with van der Waals surface area (Å²) in [5.74, 6) is 6.75. The molecule has 3 N–H and O–H groups in total. The van der Waals surface area contributed by atoms with Crippen LogP contribution in [0.1, 0.15) is 71.1 Å². The molecule has 2 fully saturated rings. The minimum absolute atomic E-state index is 0.00951. The molecule has 0 radical (unpaired) electrons. The molecule has 1 unspecified atom stereocenters. The smallest absolute Gasteiger partial charge is 0.0848 e. The first-order valence-corrected chi connectivity index (χ1v) is 7.91. The van der Waals surface area contributed by atoms with Gasteiger partial charge in [0.05, 0.1) is 11.6 Å². The summed E-state index contributed by atoms with van der Waals surface area (Å²) in [5.41, 5.74) is 3.11. The van der Waals surface area contributed by atoms with E-state index in [-0.39, 0.29) is 5.60 Å². The van der Waals surface area contributed by atoms with Gasteiger partial charge in [-0.1, -0.05) is 44.9 Å². The first-order chi connectivity index (χ1) is 8.80. The Morgan fingerprint density at radius 2 is 1.83 bits per heavy atom. The molecule has 0 aromatic rings. The highest BCUT2D eigenvalue weighted by Crippen LogP contribution is 2.39. The molecule has 2 aliphatic carbocycles. The van der Waals surface area contributed by atoms with Crippen molar-refractivity contribution in [2.24, 2.45) is 11.8 Å². The molecule has 1 atom stereocenters. The van der Waals surface area contributed by atoms with Gasteiger partial charge < -0.3 is 4.74 Å². The third kappa shape index (κ3) is 3.25. The Morgan fingerprint density at radius 3 is 2.28 bits per heavy atom. The largest absolute Gasteiger partial charge is 0.374 e. The lowest BCUT2D eigenvalue weighted by Crippen LogP contribution is -2.56. The maximum atomic E-state index is 6.23. The fourth-order valence-electron chi connectivity index (χ4n) is 3.70. The van der Waals surface area contributed by atoms with Crippen molar-refractivity contribution in [3.8, 4) is 0 Å². The molecule has 0 amide bonds. The highest BCUT2D eigenvalue weighted by molar-refractivity contribution is 4.95. The molecule has 0 saturated heterocycles. The van der Waals surface area contributed by atoms with Crippen LogP contribution < -0.4 is 11.3 Å². The standard InChI is InChI=1S/C15H30N2O/c1-2-18-15(10-5-3-4-6-11-15)14(17-16)12-13-8-7-9-13/h13-14,17H,2-12,16H2,1H3. The van der Waals surface area contributed by atoms with Crippen LogP contribution in [-0.2, 0) is 4.74 Å². The highest BCUT2D eigenvalue weighted by Gasteiger charge is 2.40. The topological polar surface area (TPSA) is 47.3 Å². The molecule has 3 nitrogen and oxygen atoms in total. The molecule has 2 aliphatic rings. The maximum Gasteiger partial charge on any atom is 0.0848 e. The van der Waals surface area contributed by atoms with E-state index in [1.54, 1.807) is 0 Å². The van der Waals surface area contributed by atoms with Crippen LogP contribution in [0.2, 0.25) is 0 Å². The molecule has 0 spiro atoms.